The second kappa shape index (κ2) is 7.90. The molecule has 3 rings (SSSR count). The van der Waals surface area contributed by atoms with Gasteiger partial charge >= 0.3 is 11.7 Å². The minimum Gasteiger partial charge on any atom is -0.426 e. The molecular weight excluding hydrogens is 346 g/mol. The summed E-state index contributed by atoms with van der Waals surface area (Å²) in [6, 6.07) is 13.6. The fourth-order valence-electron chi connectivity index (χ4n) is 3.03. The largest absolute Gasteiger partial charge is 0.426 e. The molecule has 0 fully saturated rings. The summed E-state index contributed by atoms with van der Waals surface area (Å²) in [7, 11) is 0. The van der Waals surface area contributed by atoms with Crippen molar-refractivity contribution in [2.45, 2.75) is 32.9 Å². The van der Waals surface area contributed by atoms with Crippen LogP contribution in [0.25, 0.3) is 11.0 Å². The number of carbonyl (C=O) groups excluding carboxylic acids is 2. The van der Waals surface area contributed by atoms with Crippen LogP contribution >= 0.6 is 0 Å². The van der Waals surface area contributed by atoms with E-state index in [0.29, 0.717) is 6.54 Å². The molecule has 0 saturated carbocycles. The number of nitrogens with two attached hydrogens (primary N) is 1. The van der Waals surface area contributed by atoms with E-state index in [1.54, 1.807) is 27.3 Å². The van der Waals surface area contributed by atoms with Crippen molar-refractivity contribution in [1.29, 1.82) is 0 Å². The standard InChI is InChI=1S/C20H21N3O4/c1-2-11-22-16-8-3-4-9-17(16)23(20(22)26)12-10-18(24)27-15-7-5-6-14(13-15)19(21)25/h3-9,13H,2,10-12H2,1H3,(H2,21,25). The molecule has 7 nitrogen and oxygen atoms in total. The van der Waals surface area contributed by atoms with Crippen molar-refractivity contribution in [3.63, 3.8) is 0 Å². The highest BCUT2D eigenvalue weighted by Gasteiger charge is 2.14. The Morgan fingerprint density at radius 3 is 2.30 bits per heavy atom. The number of fused-ring (bicyclic) bond motifs is 1. The predicted molar refractivity (Wildman–Crippen MR) is 102 cm³/mol. The number of amides is 1. The zero-order valence-corrected chi connectivity index (χ0v) is 15.1. The zero-order chi connectivity index (χ0) is 19.4. The Morgan fingerprint density at radius 2 is 1.67 bits per heavy atom. The van der Waals surface area contributed by atoms with Crippen LogP contribution in [0.5, 0.6) is 5.75 Å². The maximum absolute atomic E-state index is 12.7. The van der Waals surface area contributed by atoms with Crippen molar-refractivity contribution in [2.75, 3.05) is 0 Å². The number of nitrogens with zero attached hydrogens (tertiary/aromatic N) is 2. The summed E-state index contributed by atoms with van der Waals surface area (Å²) in [6.45, 7) is 2.84. The van der Waals surface area contributed by atoms with E-state index in [4.69, 9.17) is 10.5 Å². The lowest BCUT2D eigenvalue weighted by Crippen LogP contribution is -2.25. The topological polar surface area (TPSA) is 96.3 Å². The van der Waals surface area contributed by atoms with Crippen LogP contribution in [0.2, 0.25) is 0 Å². The number of imidazole rings is 1. The Labute approximate surface area is 156 Å². The van der Waals surface area contributed by atoms with Gasteiger partial charge in [0.2, 0.25) is 5.91 Å². The molecule has 1 heterocycles. The highest BCUT2D eigenvalue weighted by Crippen LogP contribution is 2.16. The first-order valence-corrected chi connectivity index (χ1v) is 8.80. The van der Waals surface area contributed by atoms with Crippen LogP contribution in [0.1, 0.15) is 30.1 Å². The molecule has 140 valence electrons. The molecule has 7 heteroatoms. The fourth-order valence-corrected chi connectivity index (χ4v) is 3.03. The summed E-state index contributed by atoms with van der Waals surface area (Å²) in [5, 5.41) is 0. The number of rotatable bonds is 7. The number of ether oxygens (including phenoxy) is 1. The van der Waals surface area contributed by atoms with Crippen molar-refractivity contribution in [2.24, 2.45) is 5.73 Å². The van der Waals surface area contributed by atoms with Gasteiger partial charge in [-0.25, -0.2) is 4.79 Å². The molecule has 2 N–H and O–H groups in total. The minimum atomic E-state index is -0.594. The Morgan fingerprint density at radius 1 is 1.00 bits per heavy atom. The van der Waals surface area contributed by atoms with E-state index in [9.17, 15) is 14.4 Å². The van der Waals surface area contributed by atoms with Gasteiger partial charge in [-0.2, -0.15) is 0 Å². The quantitative estimate of drug-likeness (QED) is 0.512. The predicted octanol–water partition coefficient (Wildman–Crippen LogP) is 2.31. The number of primary amides is 1. The van der Waals surface area contributed by atoms with Crippen LogP contribution in [0.15, 0.2) is 53.3 Å². The van der Waals surface area contributed by atoms with Crippen LogP contribution in [0.4, 0.5) is 0 Å². The normalized spacial score (nSPS) is 10.9. The second-order valence-electron chi connectivity index (χ2n) is 6.19. The van der Waals surface area contributed by atoms with Gasteiger partial charge in [0.25, 0.3) is 0 Å². The van der Waals surface area contributed by atoms with E-state index in [2.05, 4.69) is 0 Å². The molecule has 0 aliphatic heterocycles. The lowest BCUT2D eigenvalue weighted by molar-refractivity contribution is -0.134. The summed E-state index contributed by atoms with van der Waals surface area (Å²) in [4.78, 5) is 36.1. The first-order chi connectivity index (χ1) is 13.0. The average molecular weight is 367 g/mol. The smallest absolute Gasteiger partial charge is 0.329 e. The Hall–Kier alpha value is -3.35. The van der Waals surface area contributed by atoms with Gasteiger partial charge in [0, 0.05) is 18.7 Å². The Balaban J connectivity index is 1.76. The second-order valence-corrected chi connectivity index (χ2v) is 6.19. The van der Waals surface area contributed by atoms with Gasteiger partial charge < -0.3 is 10.5 Å². The van der Waals surface area contributed by atoms with Crippen LogP contribution in [0.3, 0.4) is 0 Å². The maximum Gasteiger partial charge on any atom is 0.329 e. The number of esters is 1. The monoisotopic (exact) mass is 367 g/mol. The highest BCUT2D eigenvalue weighted by molar-refractivity contribution is 5.93. The lowest BCUT2D eigenvalue weighted by Gasteiger charge is -2.06. The lowest BCUT2D eigenvalue weighted by atomic mass is 10.2. The van der Waals surface area contributed by atoms with Crippen LogP contribution in [-0.4, -0.2) is 21.0 Å². The average Bonchev–Trinajstić information content (AvgIpc) is 2.92. The molecule has 0 aliphatic rings. The van der Waals surface area contributed by atoms with Crippen LogP contribution in [-0.2, 0) is 17.9 Å². The summed E-state index contributed by atoms with van der Waals surface area (Å²) in [5.41, 5.74) is 7.00. The third kappa shape index (κ3) is 3.92. The van der Waals surface area contributed by atoms with Gasteiger partial charge in [0.15, 0.2) is 0 Å². The fraction of sp³-hybridized carbons (Fsp3) is 0.250. The van der Waals surface area contributed by atoms with E-state index in [1.165, 1.54) is 6.07 Å². The van der Waals surface area contributed by atoms with E-state index in [1.807, 2.05) is 31.2 Å². The zero-order valence-electron chi connectivity index (χ0n) is 15.1. The van der Waals surface area contributed by atoms with E-state index < -0.39 is 11.9 Å². The SMILES string of the molecule is CCCn1c(=O)n(CCC(=O)Oc2cccc(C(N)=O)c2)c2ccccc21. The molecular formula is C20H21N3O4. The Kier molecular flexibility index (Phi) is 5.40. The first-order valence-electron chi connectivity index (χ1n) is 8.80. The molecule has 0 atom stereocenters. The van der Waals surface area contributed by atoms with Crippen molar-refractivity contribution in [3.8, 4) is 5.75 Å². The molecule has 1 aromatic heterocycles. The Bertz CT molecular complexity index is 1050. The van der Waals surface area contributed by atoms with Crippen molar-refractivity contribution < 1.29 is 14.3 Å². The molecule has 2 aromatic carbocycles. The molecule has 27 heavy (non-hydrogen) atoms. The molecule has 0 saturated heterocycles. The molecule has 0 aliphatic carbocycles. The summed E-state index contributed by atoms with van der Waals surface area (Å²) in [5.74, 6) is -0.837. The van der Waals surface area contributed by atoms with Gasteiger partial charge in [-0.1, -0.05) is 25.1 Å². The van der Waals surface area contributed by atoms with Gasteiger partial charge in [-0.15, -0.1) is 0 Å². The van der Waals surface area contributed by atoms with Crippen LogP contribution in [0, 0.1) is 0 Å². The van der Waals surface area contributed by atoms with Crippen molar-refractivity contribution in [1.82, 2.24) is 9.13 Å². The van der Waals surface area contributed by atoms with Gasteiger partial charge in [0.05, 0.1) is 17.5 Å². The molecule has 0 spiro atoms. The number of hydrogen-bond donors (Lipinski definition) is 1. The van der Waals surface area contributed by atoms with E-state index >= 15 is 0 Å². The number of carbonyl (C=O) groups is 2. The first kappa shape index (κ1) is 18.4. The van der Waals surface area contributed by atoms with Crippen molar-refractivity contribution >= 4 is 22.9 Å². The molecule has 0 bridgehead atoms. The molecule has 3 aromatic rings. The number of hydrogen-bond acceptors (Lipinski definition) is 4. The number of para-hydroxylation sites is 2. The molecule has 1 amide bonds. The summed E-state index contributed by atoms with van der Waals surface area (Å²) < 4.78 is 8.57. The van der Waals surface area contributed by atoms with E-state index in [-0.39, 0.29) is 30.0 Å². The summed E-state index contributed by atoms with van der Waals surface area (Å²) >= 11 is 0. The van der Waals surface area contributed by atoms with E-state index in [0.717, 1.165) is 17.5 Å². The highest BCUT2D eigenvalue weighted by atomic mass is 16.5. The van der Waals surface area contributed by atoms with Gasteiger partial charge in [0.1, 0.15) is 5.75 Å². The number of benzene rings is 2. The number of aromatic nitrogens is 2. The molecule has 0 unspecified atom stereocenters. The van der Waals surface area contributed by atoms with Gasteiger partial charge in [-0.05, 0) is 36.8 Å². The minimum absolute atomic E-state index is 0.0286. The third-order valence-corrected chi connectivity index (χ3v) is 4.26. The molecule has 0 radical (unpaired) electrons. The van der Waals surface area contributed by atoms with Crippen molar-refractivity contribution in [3.05, 3.63) is 64.6 Å². The maximum atomic E-state index is 12.7. The number of aryl methyl sites for hydroxylation is 2. The van der Waals surface area contributed by atoms with Crippen LogP contribution < -0.4 is 16.2 Å². The van der Waals surface area contributed by atoms with Gasteiger partial charge in [-0.3, -0.25) is 18.7 Å². The summed E-state index contributed by atoms with van der Waals surface area (Å²) in [6.07, 6.45) is 0.868. The third-order valence-electron chi connectivity index (χ3n) is 4.26.